The molecule has 0 saturated heterocycles. The third-order valence-corrected chi connectivity index (χ3v) is 8.16. The van der Waals surface area contributed by atoms with E-state index in [4.69, 9.17) is 0 Å². The molecule has 0 radical (unpaired) electrons. The van der Waals surface area contributed by atoms with Gasteiger partial charge in [-0.15, -0.1) is 0 Å². The third kappa shape index (κ3) is 7.01. The summed E-state index contributed by atoms with van der Waals surface area (Å²) in [4.78, 5) is 28.4. The average molecular weight is 536 g/mol. The number of hydrogen-bond donors (Lipinski definition) is 1. The first-order chi connectivity index (χ1) is 18.0. The van der Waals surface area contributed by atoms with E-state index in [1.165, 1.54) is 17.0 Å². The third-order valence-electron chi connectivity index (χ3n) is 6.38. The van der Waals surface area contributed by atoms with Gasteiger partial charge in [0, 0.05) is 13.1 Å². The van der Waals surface area contributed by atoms with Crippen LogP contribution in [0.2, 0.25) is 0 Å². The van der Waals surface area contributed by atoms with Gasteiger partial charge in [0.2, 0.25) is 11.8 Å². The van der Waals surface area contributed by atoms with Gasteiger partial charge in [-0.05, 0) is 63.4 Å². The molecule has 0 aliphatic rings. The molecule has 0 fully saturated rings. The van der Waals surface area contributed by atoms with Crippen LogP contribution in [0.3, 0.4) is 0 Å². The molecule has 7 nitrogen and oxygen atoms in total. The van der Waals surface area contributed by atoms with E-state index in [2.05, 4.69) is 5.32 Å². The molecule has 0 bridgehead atoms. The Morgan fingerprint density at radius 3 is 2.21 bits per heavy atom. The van der Waals surface area contributed by atoms with Crippen LogP contribution in [0.4, 0.5) is 5.69 Å². The molecule has 0 aliphatic carbocycles. The van der Waals surface area contributed by atoms with E-state index in [1.807, 2.05) is 64.1 Å². The number of benzene rings is 3. The summed E-state index contributed by atoms with van der Waals surface area (Å²) >= 11 is 0. The number of hydrogen-bond acceptors (Lipinski definition) is 4. The molecular formula is C30H37N3O4S. The van der Waals surface area contributed by atoms with Gasteiger partial charge in [-0.25, -0.2) is 8.42 Å². The Kier molecular flexibility index (Phi) is 9.69. The molecule has 0 heterocycles. The lowest BCUT2D eigenvalue weighted by Gasteiger charge is -2.32. The van der Waals surface area contributed by atoms with E-state index in [1.54, 1.807) is 31.2 Å². The second kappa shape index (κ2) is 12.7. The monoisotopic (exact) mass is 535 g/mol. The number of carbonyl (C=O) groups excluding carboxylic acids is 2. The van der Waals surface area contributed by atoms with Crippen LogP contribution in [-0.4, -0.2) is 44.3 Å². The van der Waals surface area contributed by atoms with Gasteiger partial charge in [0.15, 0.2) is 0 Å². The van der Waals surface area contributed by atoms with Gasteiger partial charge >= 0.3 is 0 Å². The Morgan fingerprint density at radius 2 is 1.58 bits per heavy atom. The zero-order valence-electron chi connectivity index (χ0n) is 22.8. The second-order valence-electron chi connectivity index (χ2n) is 9.59. The van der Waals surface area contributed by atoms with Crippen LogP contribution in [0.25, 0.3) is 0 Å². The minimum absolute atomic E-state index is 0.0896. The number of carbonyl (C=O) groups is 2. The predicted octanol–water partition coefficient (Wildman–Crippen LogP) is 4.75. The van der Waals surface area contributed by atoms with Gasteiger partial charge in [0.1, 0.15) is 12.6 Å². The van der Waals surface area contributed by atoms with Crippen molar-refractivity contribution in [2.45, 2.75) is 58.5 Å². The van der Waals surface area contributed by atoms with Crippen LogP contribution in [0.15, 0.2) is 77.7 Å². The summed E-state index contributed by atoms with van der Waals surface area (Å²) in [7, 11) is -4.07. The highest BCUT2D eigenvalue weighted by atomic mass is 32.2. The summed E-state index contributed by atoms with van der Waals surface area (Å²) in [6, 6.07) is 20.4. The minimum Gasteiger partial charge on any atom is -0.354 e. The second-order valence-corrected chi connectivity index (χ2v) is 11.5. The molecule has 202 valence electrons. The zero-order chi connectivity index (χ0) is 27.9. The lowest BCUT2D eigenvalue weighted by atomic mass is 10.1. The van der Waals surface area contributed by atoms with Crippen LogP contribution >= 0.6 is 0 Å². The standard InChI is InChI=1S/C30H37N3O4S/c1-6-17-31-30(35)25(5)32(20-26-12-10-11-22(2)19-26)29(34)21-33(28-16-15-23(3)18-24(28)4)38(36,37)27-13-8-7-9-14-27/h7-16,18-19,25H,6,17,20-21H2,1-5H3,(H,31,35)/t25-/m1/s1. The SMILES string of the molecule is CCCNC(=O)[C@@H](C)N(Cc1cccc(C)c1)C(=O)CN(c1ccc(C)cc1C)S(=O)(=O)c1ccccc1. The van der Waals surface area contributed by atoms with Gasteiger partial charge in [0.25, 0.3) is 10.0 Å². The van der Waals surface area contributed by atoms with Crippen molar-refractivity contribution in [1.82, 2.24) is 10.2 Å². The van der Waals surface area contributed by atoms with E-state index in [0.29, 0.717) is 12.2 Å². The molecule has 3 rings (SSSR count). The smallest absolute Gasteiger partial charge is 0.264 e. The molecule has 0 aromatic heterocycles. The summed E-state index contributed by atoms with van der Waals surface area (Å²) in [5, 5.41) is 2.86. The van der Waals surface area contributed by atoms with E-state index in [9.17, 15) is 18.0 Å². The Balaban J connectivity index is 2.04. The number of amides is 2. The first-order valence-electron chi connectivity index (χ1n) is 12.8. The number of nitrogens with one attached hydrogen (secondary N) is 1. The number of anilines is 1. The maximum absolute atomic E-state index is 13.9. The number of nitrogens with zero attached hydrogens (tertiary/aromatic N) is 2. The van der Waals surface area contributed by atoms with Crippen molar-refractivity contribution >= 4 is 27.5 Å². The van der Waals surface area contributed by atoms with Crippen LogP contribution in [0.1, 0.15) is 42.5 Å². The van der Waals surface area contributed by atoms with Crippen molar-refractivity contribution in [2.75, 3.05) is 17.4 Å². The molecule has 38 heavy (non-hydrogen) atoms. The molecular weight excluding hydrogens is 498 g/mol. The quantitative estimate of drug-likeness (QED) is 0.384. The molecule has 0 spiro atoms. The molecule has 8 heteroatoms. The molecule has 1 atom stereocenters. The molecule has 0 aliphatic heterocycles. The minimum atomic E-state index is -4.07. The molecule has 2 amide bonds. The number of sulfonamides is 1. The van der Waals surface area contributed by atoms with Crippen molar-refractivity contribution < 1.29 is 18.0 Å². The average Bonchev–Trinajstić information content (AvgIpc) is 2.89. The molecule has 3 aromatic rings. The largest absolute Gasteiger partial charge is 0.354 e. The first-order valence-corrected chi connectivity index (χ1v) is 14.3. The topological polar surface area (TPSA) is 86.8 Å². The van der Waals surface area contributed by atoms with Crippen LogP contribution in [0, 0.1) is 20.8 Å². The van der Waals surface area contributed by atoms with E-state index >= 15 is 0 Å². The van der Waals surface area contributed by atoms with E-state index in [0.717, 1.165) is 33.0 Å². The fraction of sp³-hybridized carbons (Fsp3) is 0.333. The van der Waals surface area contributed by atoms with Gasteiger partial charge in [-0.1, -0.05) is 72.6 Å². The van der Waals surface area contributed by atoms with Crippen molar-refractivity contribution in [2.24, 2.45) is 0 Å². The lowest BCUT2D eigenvalue weighted by molar-refractivity contribution is -0.139. The highest BCUT2D eigenvalue weighted by molar-refractivity contribution is 7.92. The predicted molar refractivity (Wildman–Crippen MR) is 151 cm³/mol. The summed E-state index contributed by atoms with van der Waals surface area (Å²) in [5.74, 6) is -0.748. The summed E-state index contributed by atoms with van der Waals surface area (Å²) in [6.45, 7) is 9.56. The van der Waals surface area contributed by atoms with Gasteiger partial charge in [0.05, 0.1) is 10.6 Å². The number of aryl methyl sites for hydroxylation is 3. The van der Waals surface area contributed by atoms with Crippen LogP contribution in [-0.2, 0) is 26.2 Å². The van der Waals surface area contributed by atoms with Crippen LogP contribution in [0.5, 0.6) is 0 Å². The lowest BCUT2D eigenvalue weighted by Crippen LogP contribution is -2.51. The maximum Gasteiger partial charge on any atom is 0.264 e. The van der Waals surface area contributed by atoms with E-state index < -0.39 is 28.5 Å². The summed E-state index contributed by atoms with van der Waals surface area (Å²) in [6.07, 6.45) is 0.764. The highest BCUT2D eigenvalue weighted by Gasteiger charge is 2.33. The normalized spacial score (nSPS) is 12.0. The first kappa shape index (κ1) is 28.9. The van der Waals surface area contributed by atoms with Crippen LogP contribution < -0.4 is 9.62 Å². The van der Waals surface area contributed by atoms with Crippen molar-refractivity contribution in [1.29, 1.82) is 0 Å². The van der Waals surface area contributed by atoms with Gasteiger partial charge in [-0.3, -0.25) is 13.9 Å². The zero-order valence-corrected chi connectivity index (χ0v) is 23.6. The van der Waals surface area contributed by atoms with Crippen molar-refractivity contribution in [3.8, 4) is 0 Å². The van der Waals surface area contributed by atoms with Gasteiger partial charge in [-0.2, -0.15) is 0 Å². The van der Waals surface area contributed by atoms with Gasteiger partial charge < -0.3 is 10.2 Å². The Bertz CT molecular complexity index is 1370. The highest BCUT2D eigenvalue weighted by Crippen LogP contribution is 2.28. The fourth-order valence-electron chi connectivity index (χ4n) is 4.30. The fourth-order valence-corrected chi connectivity index (χ4v) is 5.80. The molecule has 0 saturated carbocycles. The summed E-state index contributed by atoms with van der Waals surface area (Å²) in [5.41, 5.74) is 4.03. The van der Waals surface area contributed by atoms with Crippen molar-refractivity contribution in [3.63, 3.8) is 0 Å². The Hall–Kier alpha value is -3.65. The Labute approximate surface area is 226 Å². The summed E-state index contributed by atoms with van der Waals surface area (Å²) < 4.78 is 28.9. The number of rotatable bonds is 11. The maximum atomic E-state index is 13.9. The molecule has 0 unspecified atom stereocenters. The molecule has 1 N–H and O–H groups in total. The van der Waals surface area contributed by atoms with E-state index in [-0.39, 0.29) is 17.3 Å². The molecule has 3 aromatic carbocycles. The van der Waals surface area contributed by atoms with Crippen molar-refractivity contribution in [3.05, 3.63) is 95.1 Å². The Morgan fingerprint density at radius 1 is 0.895 bits per heavy atom.